The Morgan fingerprint density at radius 1 is 1.53 bits per heavy atom. The number of nitrogens with one attached hydrogen (secondary N) is 1. The highest BCUT2D eigenvalue weighted by atomic mass is 16.2. The molecule has 106 valence electrons. The molecule has 2 heterocycles. The summed E-state index contributed by atoms with van der Waals surface area (Å²) in [6.45, 7) is 3.75. The van der Waals surface area contributed by atoms with Crippen molar-refractivity contribution in [2.45, 2.75) is 32.2 Å². The van der Waals surface area contributed by atoms with Crippen LogP contribution in [0.2, 0.25) is 0 Å². The van der Waals surface area contributed by atoms with Gasteiger partial charge < -0.3 is 16.0 Å². The largest absolute Gasteiger partial charge is 0.395 e. The van der Waals surface area contributed by atoms with E-state index in [1.165, 1.54) is 6.42 Å². The summed E-state index contributed by atoms with van der Waals surface area (Å²) in [6.07, 6.45) is 3.07. The van der Waals surface area contributed by atoms with Crippen LogP contribution in [0, 0.1) is 0 Å². The third-order valence-electron chi connectivity index (χ3n) is 3.88. The van der Waals surface area contributed by atoms with Crippen molar-refractivity contribution in [1.29, 1.82) is 0 Å². The zero-order valence-corrected chi connectivity index (χ0v) is 11.9. The molecule has 0 radical (unpaired) electrons. The molecular formula is C13H23N5O. The second kappa shape index (κ2) is 5.61. The standard InChI is InChI=1S/C13H23N5O/c1-4-10-11(14)12(18(3)16-10)13(19)15-8-9-6-5-7-17(9)2/h9H,4-8,14H2,1-3H3,(H,15,19). The topological polar surface area (TPSA) is 76.2 Å². The number of nitrogen functional groups attached to an aromatic ring is 1. The molecule has 0 aromatic carbocycles. The van der Waals surface area contributed by atoms with E-state index in [2.05, 4.69) is 22.4 Å². The summed E-state index contributed by atoms with van der Waals surface area (Å²) < 4.78 is 1.57. The normalized spacial score (nSPS) is 19.8. The number of nitrogens with zero attached hydrogens (tertiary/aromatic N) is 3. The molecule has 1 aromatic heterocycles. The molecule has 0 bridgehead atoms. The lowest BCUT2D eigenvalue weighted by molar-refractivity contribution is 0.0935. The number of aromatic nitrogens is 2. The van der Waals surface area contributed by atoms with Crippen LogP contribution in [0.1, 0.15) is 35.9 Å². The van der Waals surface area contributed by atoms with E-state index < -0.39 is 0 Å². The first-order valence-corrected chi connectivity index (χ1v) is 6.84. The van der Waals surface area contributed by atoms with E-state index in [1.54, 1.807) is 11.7 Å². The van der Waals surface area contributed by atoms with Crippen LogP contribution in [0.4, 0.5) is 5.69 Å². The van der Waals surface area contributed by atoms with Crippen molar-refractivity contribution in [1.82, 2.24) is 20.0 Å². The fourth-order valence-electron chi connectivity index (χ4n) is 2.66. The van der Waals surface area contributed by atoms with E-state index in [4.69, 9.17) is 5.73 Å². The van der Waals surface area contributed by atoms with E-state index in [0.29, 0.717) is 24.0 Å². The molecule has 3 N–H and O–H groups in total. The number of likely N-dealkylation sites (N-methyl/N-ethyl adjacent to an activating group) is 1. The van der Waals surface area contributed by atoms with Gasteiger partial charge in [-0.25, -0.2) is 0 Å². The quantitative estimate of drug-likeness (QED) is 0.825. The number of hydrogen-bond donors (Lipinski definition) is 2. The summed E-state index contributed by atoms with van der Waals surface area (Å²) in [5, 5.41) is 7.23. The first kappa shape index (κ1) is 13.9. The maximum absolute atomic E-state index is 12.2. The fourth-order valence-corrected chi connectivity index (χ4v) is 2.66. The van der Waals surface area contributed by atoms with Gasteiger partial charge in [-0.2, -0.15) is 5.10 Å². The van der Waals surface area contributed by atoms with E-state index in [0.717, 1.165) is 25.1 Å². The number of anilines is 1. The molecule has 1 aliphatic heterocycles. The van der Waals surface area contributed by atoms with Crippen LogP contribution in [-0.2, 0) is 13.5 Å². The second-order valence-electron chi connectivity index (χ2n) is 5.17. The minimum absolute atomic E-state index is 0.132. The van der Waals surface area contributed by atoms with Crippen LogP contribution in [0.5, 0.6) is 0 Å². The molecule has 1 saturated heterocycles. The molecular weight excluding hydrogens is 242 g/mol. The maximum Gasteiger partial charge on any atom is 0.271 e. The van der Waals surface area contributed by atoms with Gasteiger partial charge in [0.15, 0.2) is 0 Å². The minimum Gasteiger partial charge on any atom is -0.395 e. The monoisotopic (exact) mass is 265 g/mol. The molecule has 0 spiro atoms. The maximum atomic E-state index is 12.2. The van der Waals surface area contributed by atoms with E-state index in [1.807, 2.05) is 6.92 Å². The molecule has 6 nitrogen and oxygen atoms in total. The third kappa shape index (κ3) is 2.73. The number of carbonyl (C=O) groups is 1. The summed E-state index contributed by atoms with van der Waals surface area (Å²) in [5.41, 5.74) is 7.73. The zero-order valence-electron chi connectivity index (χ0n) is 11.9. The van der Waals surface area contributed by atoms with Crippen molar-refractivity contribution in [2.75, 3.05) is 25.9 Å². The Bertz CT molecular complexity index is 468. The average Bonchev–Trinajstić information content (AvgIpc) is 2.90. The Morgan fingerprint density at radius 2 is 2.26 bits per heavy atom. The minimum atomic E-state index is -0.132. The second-order valence-corrected chi connectivity index (χ2v) is 5.17. The Balaban J connectivity index is 2.02. The SMILES string of the molecule is CCc1nn(C)c(C(=O)NCC2CCCN2C)c1N. The summed E-state index contributed by atoms with van der Waals surface area (Å²) in [7, 11) is 3.85. The van der Waals surface area contributed by atoms with Crippen molar-refractivity contribution in [2.24, 2.45) is 7.05 Å². The van der Waals surface area contributed by atoms with Crippen LogP contribution < -0.4 is 11.1 Å². The van der Waals surface area contributed by atoms with Crippen molar-refractivity contribution in [3.05, 3.63) is 11.4 Å². The number of likely N-dealkylation sites (tertiary alicyclic amines) is 1. The lowest BCUT2D eigenvalue weighted by atomic mass is 10.2. The number of aryl methyl sites for hydroxylation is 2. The number of nitrogens with two attached hydrogens (primary N) is 1. The number of carbonyl (C=O) groups excluding carboxylic acids is 1. The summed E-state index contributed by atoms with van der Waals surface area (Å²) >= 11 is 0. The predicted octanol–water partition coefficient (Wildman–Crippen LogP) is 0.389. The van der Waals surface area contributed by atoms with Crippen LogP contribution in [-0.4, -0.2) is 46.8 Å². The molecule has 1 aromatic rings. The van der Waals surface area contributed by atoms with Gasteiger partial charge >= 0.3 is 0 Å². The number of rotatable bonds is 4. The van der Waals surface area contributed by atoms with Gasteiger partial charge in [-0.1, -0.05) is 6.92 Å². The Hall–Kier alpha value is -1.56. The van der Waals surface area contributed by atoms with Gasteiger partial charge in [0.1, 0.15) is 5.69 Å². The van der Waals surface area contributed by atoms with Gasteiger partial charge in [-0.15, -0.1) is 0 Å². The lowest BCUT2D eigenvalue weighted by Crippen LogP contribution is -2.39. The zero-order chi connectivity index (χ0) is 14.0. The molecule has 0 saturated carbocycles. The summed E-state index contributed by atoms with van der Waals surface area (Å²) in [6, 6.07) is 0.434. The Labute approximate surface area is 113 Å². The van der Waals surface area contributed by atoms with Gasteiger partial charge in [-0.3, -0.25) is 9.48 Å². The summed E-state index contributed by atoms with van der Waals surface area (Å²) in [4.78, 5) is 14.5. The highest BCUT2D eigenvalue weighted by Crippen LogP contribution is 2.17. The molecule has 1 fully saturated rings. The summed E-state index contributed by atoms with van der Waals surface area (Å²) in [5.74, 6) is -0.132. The van der Waals surface area contributed by atoms with Crippen molar-refractivity contribution in [3.63, 3.8) is 0 Å². The van der Waals surface area contributed by atoms with E-state index in [9.17, 15) is 4.79 Å². The Morgan fingerprint density at radius 3 is 2.79 bits per heavy atom. The lowest BCUT2D eigenvalue weighted by Gasteiger charge is -2.19. The molecule has 19 heavy (non-hydrogen) atoms. The highest BCUT2D eigenvalue weighted by Gasteiger charge is 2.23. The number of hydrogen-bond acceptors (Lipinski definition) is 4. The molecule has 1 atom stereocenters. The molecule has 2 rings (SSSR count). The van der Waals surface area contributed by atoms with E-state index in [-0.39, 0.29) is 5.91 Å². The van der Waals surface area contributed by atoms with Gasteiger partial charge in [0, 0.05) is 19.6 Å². The van der Waals surface area contributed by atoms with Crippen LogP contribution in [0.25, 0.3) is 0 Å². The molecule has 1 amide bonds. The van der Waals surface area contributed by atoms with Crippen LogP contribution in [0.3, 0.4) is 0 Å². The molecule has 6 heteroatoms. The predicted molar refractivity (Wildman–Crippen MR) is 75.0 cm³/mol. The molecule has 1 unspecified atom stereocenters. The van der Waals surface area contributed by atoms with Crippen LogP contribution >= 0.6 is 0 Å². The van der Waals surface area contributed by atoms with Gasteiger partial charge in [0.25, 0.3) is 5.91 Å². The third-order valence-corrected chi connectivity index (χ3v) is 3.88. The highest BCUT2D eigenvalue weighted by molar-refractivity contribution is 5.98. The Kier molecular flexibility index (Phi) is 4.09. The van der Waals surface area contributed by atoms with Gasteiger partial charge in [0.05, 0.1) is 11.4 Å². The smallest absolute Gasteiger partial charge is 0.271 e. The first-order valence-electron chi connectivity index (χ1n) is 6.84. The fraction of sp³-hybridized carbons (Fsp3) is 0.692. The average molecular weight is 265 g/mol. The first-order chi connectivity index (χ1) is 9.04. The van der Waals surface area contributed by atoms with Crippen molar-refractivity contribution < 1.29 is 4.79 Å². The van der Waals surface area contributed by atoms with Gasteiger partial charge in [0.2, 0.25) is 0 Å². The van der Waals surface area contributed by atoms with Gasteiger partial charge in [-0.05, 0) is 32.9 Å². The molecule has 0 aliphatic carbocycles. The van der Waals surface area contributed by atoms with Crippen molar-refractivity contribution in [3.8, 4) is 0 Å². The number of amides is 1. The van der Waals surface area contributed by atoms with Crippen molar-refractivity contribution >= 4 is 11.6 Å². The molecule has 1 aliphatic rings. The van der Waals surface area contributed by atoms with Crippen LogP contribution in [0.15, 0.2) is 0 Å². The van der Waals surface area contributed by atoms with E-state index >= 15 is 0 Å².